The fourth-order valence-electron chi connectivity index (χ4n) is 2.59. The van der Waals surface area contributed by atoms with E-state index in [1.807, 2.05) is 0 Å². The highest BCUT2D eigenvalue weighted by Gasteiger charge is 2.27. The molecule has 1 heterocycles. The Morgan fingerprint density at radius 3 is 2.90 bits per heavy atom. The number of nitrogens with zero attached hydrogens (tertiary/aromatic N) is 1. The highest BCUT2D eigenvalue weighted by atomic mass is 19.1. The smallest absolute Gasteiger partial charge is 0.317 e. The standard InChI is InChI=1S/C15H20F2N2O2/c1-2-14(12-7-11(16)3-4-13(12)17)18-15(21)19-6-5-10(8-19)9-20/h3-4,7,10,14,20H,2,5-6,8-9H2,1H3,(H,18,21). The first-order chi connectivity index (χ1) is 10.0. The molecule has 0 spiro atoms. The van der Waals surface area contributed by atoms with Crippen molar-refractivity contribution >= 4 is 6.03 Å². The first-order valence-electron chi connectivity index (χ1n) is 7.16. The molecule has 1 fully saturated rings. The number of urea groups is 1. The molecule has 1 aromatic rings. The molecular weight excluding hydrogens is 278 g/mol. The average Bonchev–Trinajstić information content (AvgIpc) is 2.96. The molecule has 21 heavy (non-hydrogen) atoms. The molecule has 6 heteroatoms. The molecule has 2 amide bonds. The van der Waals surface area contributed by atoms with Crippen LogP contribution in [-0.4, -0.2) is 35.7 Å². The van der Waals surface area contributed by atoms with E-state index in [0.717, 1.165) is 24.6 Å². The lowest BCUT2D eigenvalue weighted by molar-refractivity contribution is 0.194. The molecule has 2 N–H and O–H groups in total. The molecule has 0 aromatic heterocycles. The summed E-state index contributed by atoms with van der Waals surface area (Å²) in [5.74, 6) is -0.958. The maximum atomic E-state index is 13.8. The summed E-state index contributed by atoms with van der Waals surface area (Å²) in [6, 6.07) is 2.36. The van der Waals surface area contributed by atoms with Gasteiger partial charge in [0, 0.05) is 31.2 Å². The van der Waals surface area contributed by atoms with Gasteiger partial charge in [0.05, 0.1) is 6.04 Å². The topological polar surface area (TPSA) is 52.6 Å². The minimum absolute atomic E-state index is 0.0551. The van der Waals surface area contributed by atoms with Crippen molar-refractivity contribution < 1.29 is 18.7 Å². The molecule has 2 atom stereocenters. The number of hydrogen-bond donors (Lipinski definition) is 2. The van der Waals surface area contributed by atoms with Gasteiger partial charge >= 0.3 is 6.03 Å². The number of carbonyl (C=O) groups excluding carboxylic acids is 1. The number of rotatable bonds is 4. The zero-order chi connectivity index (χ0) is 15.4. The van der Waals surface area contributed by atoms with Crippen molar-refractivity contribution in [2.45, 2.75) is 25.8 Å². The lowest BCUT2D eigenvalue weighted by Crippen LogP contribution is -2.40. The molecule has 0 radical (unpaired) electrons. The zero-order valence-corrected chi connectivity index (χ0v) is 12.0. The second-order valence-electron chi connectivity index (χ2n) is 5.36. The number of amides is 2. The van der Waals surface area contributed by atoms with E-state index < -0.39 is 17.7 Å². The van der Waals surface area contributed by atoms with Crippen molar-refractivity contribution in [3.05, 3.63) is 35.4 Å². The lowest BCUT2D eigenvalue weighted by atomic mass is 10.0. The fourth-order valence-corrected chi connectivity index (χ4v) is 2.59. The molecule has 0 bridgehead atoms. The van der Waals surface area contributed by atoms with Gasteiger partial charge in [0.25, 0.3) is 0 Å². The number of hydrogen-bond acceptors (Lipinski definition) is 2. The van der Waals surface area contributed by atoms with Gasteiger partial charge in [-0.1, -0.05) is 6.92 Å². The number of carbonyl (C=O) groups is 1. The van der Waals surface area contributed by atoms with Crippen LogP contribution in [0, 0.1) is 17.6 Å². The molecule has 4 nitrogen and oxygen atoms in total. The predicted octanol–water partition coefficient (Wildman–Crippen LogP) is 2.44. The van der Waals surface area contributed by atoms with Crippen molar-refractivity contribution in [2.75, 3.05) is 19.7 Å². The lowest BCUT2D eigenvalue weighted by Gasteiger charge is -2.23. The molecule has 1 aliphatic rings. The van der Waals surface area contributed by atoms with Crippen LogP contribution < -0.4 is 5.32 Å². The Hall–Kier alpha value is -1.69. The normalized spacial score (nSPS) is 19.6. The van der Waals surface area contributed by atoms with Crippen molar-refractivity contribution in [1.29, 1.82) is 0 Å². The van der Waals surface area contributed by atoms with Crippen molar-refractivity contribution in [3.63, 3.8) is 0 Å². The summed E-state index contributed by atoms with van der Waals surface area (Å²) in [5, 5.41) is 11.8. The molecule has 2 unspecified atom stereocenters. The van der Waals surface area contributed by atoms with Crippen LogP contribution in [0.25, 0.3) is 0 Å². The summed E-state index contributed by atoms with van der Waals surface area (Å²) in [6.07, 6.45) is 1.22. The molecule has 2 rings (SSSR count). The molecule has 1 aliphatic heterocycles. The Bertz CT molecular complexity index is 510. The van der Waals surface area contributed by atoms with Gasteiger partial charge in [0.15, 0.2) is 0 Å². The minimum atomic E-state index is -0.568. The number of halogens is 2. The van der Waals surface area contributed by atoms with E-state index in [9.17, 15) is 13.6 Å². The highest BCUT2D eigenvalue weighted by molar-refractivity contribution is 5.75. The van der Waals surface area contributed by atoms with Gasteiger partial charge in [-0.05, 0) is 31.0 Å². The third-order valence-electron chi connectivity index (χ3n) is 3.87. The molecular formula is C15H20F2N2O2. The van der Waals surface area contributed by atoms with Crippen LogP contribution in [-0.2, 0) is 0 Å². The van der Waals surface area contributed by atoms with E-state index in [0.29, 0.717) is 19.5 Å². The molecule has 0 aliphatic carbocycles. The van der Waals surface area contributed by atoms with Gasteiger partial charge in [-0.2, -0.15) is 0 Å². The van der Waals surface area contributed by atoms with Gasteiger partial charge in [-0.3, -0.25) is 0 Å². The first-order valence-corrected chi connectivity index (χ1v) is 7.16. The van der Waals surface area contributed by atoms with E-state index in [4.69, 9.17) is 5.11 Å². The van der Waals surface area contributed by atoms with Crippen LogP contribution in [0.2, 0.25) is 0 Å². The number of aliphatic hydroxyl groups is 1. The summed E-state index contributed by atoms with van der Waals surface area (Å²) in [7, 11) is 0. The summed E-state index contributed by atoms with van der Waals surface area (Å²) in [5.41, 5.74) is 0.156. The van der Waals surface area contributed by atoms with E-state index in [-0.39, 0.29) is 24.1 Å². The Balaban J connectivity index is 2.05. The Morgan fingerprint density at radius 1 is 1.52 bits per heavy atom. The van der Waals surface area contributed by atoms with Gasteiger partial charge in [-0.15, -0.1) is 0 Å². The van der Waals surface area contributed by atoms with Crippen LogP contribution in [0.3, 0.4) is 0 Å². The van der Waals surface area contributed by atoms with Crippen LogP contribution in [0.1, 0.15) is 31.4 Å². The number of nitrogens with one attached hydrogen (secondary N) is 1. The fraction of sp³-hybridized carbons (Fsp3) is 0.533. The first kappa shape index (κ1) is 15.7. The van der Waals surface area contributed by atoms with Crippen LogP contribution in [0.5, 0.6) is 0 Å². The summed E-state index contributed by atoms with van der Waals surface area (Å²) in [4.78, 5) is 13.8. The average molecular weight is 298 g/mol. The van der Waals surface area contributed by atoms with Crippen LogP contribution in [0.4, 0.5) is 13.6 Å². The number of benzene rings is 1. The van der Waals surface area contributed by atoms with Crippen LogP contribution in [0.15, 0.2) is 18.2 Å². The minimum Gasteiger partial charge on any atom is -0.396 e. The highest BCUT2D eigenvalue weighted by Crippen LogP contribution is 2.22. The Labute approximate surface area is 122 Å². The molecule has 0 saturated carbocycles. The van der Waals surface area contributed by atoms with E-state index in [1.165, 1.54) is 0 Å². The maximum absolute atomic E-state index is 13.8. The van der Waals surface area contributed by atoms with Gasteiger partial charge < -0.3 is 15.3 Å². The summed E-state index contributed by atoms with van der Waals surface area (Å²) < 4.78 is 27.0. The summed E-state index contributed by atoms with van der Waals surface area (Å²) in [6.45, 7) is 2.92. The van der Waals surface area contributed by atoms with E-state index in [2.05, 4.69) is 5.32 Å². The van der Waals surface area contributed by atoms with Crippen molar-refractivity contribution in [2.24, 2.45) is 5.92 Å². The quantitative estimate of drug-likeness (QED) is 0.897. The largest absolute Gasteiger partial charge is 0.396 e. The third kappa shape index (κ3) is 3.69. The van der Waals surface area contributed by atoms with Gasteiger partial charge in [0.2, 0.25) is 0 Å². The second-order valence-corrected chi connectivity index (χ2v) is 5.36. The summed E-state index contributed by atoms with van der Waals surface area (Å²) >= 11 is 0. The monoisotopic (exact) mass is 298 g/mol. The molecule has 116 valence electrons. The Kier molecular flexibility index (Phi) is 5.12. The third-order valence-corrected chi connectivity index (χ3v) is 3.87. The van der Waals surface area contributed by atoms with Gasteiger partial charge in [0.1, 0.15) is 11.6 Å². The SMILES string of the molecule is CCC(NC(=O)N1CCC(CO)C1)c1cc(F)ccc1F. The predicted molar refractivity (Wildman–Crippen MR) is 74.7 cm³/mol. The van der Waals surface area contributed by atoms with Crippen molar-refractivity contribution in [3.8, 4) is 0 Å². The maximum Gasteiger partial charge on any atom is 0.317 e. The van der Waals surface area contributed by atoms with E-state index >= 15 is 0 Å². The second kappa shape index (κ2) is 6.85. The molecule has 1 saturated heterocycles. The number of likely N-dealkylation sites (tertiary alicyclic amines) is 1. The zero-order valence-electron chi connectivity index (χ0n) is 12.0. The van der Waals surface area contributed by atoms with Gasteiger partial charge in [-0.25, -0.2) is 13.6 Å². The molecule has 1 aromatic carbocycles. The van der Waals surface area contributed by atoms with E-state index in [1.54, 1.807) is 11.8 Å². The number of aliphatic hydroxyl groups excluding tert-OH is 1. The Morgan fingerprint density at radius 2 is 2.29 bits per heavy atom. The van der Waals surface area contributed by atoms with Crippen molar-refractivity contribution in [1.82, 2.24) is 10.2 Å². The van der Waals surface area contributed by atoms with Crippen LogP contribution >= 0.6 is 0 Å².